The summed E-state index contributed by atoms with van der Waals surface area (Å²) in [4.78, 5) is 22.8. The topological polar surface area (TPSA) is 67.4 Å². The zero-order chi connectivity index (χ0) is 16.3. The van der Waals surface area contributed by atoms with Crippen LogP contribution in [-0.4, -0.2) is 24.1 Å². The third-order valence-corrected chi connectivity index (χ3v) is 2.28. The number of hydrogen-bond donors (Lipinski definition) is 2. The maximum absolute atomic E-state index is 11.4. The second kappa shape index (κ2) is 10.0. The summed E-state index contributed by atoms with van der Waals surface area (Å²) in [7, 11) is 0. The van der Waals surface area contributed by atoms with Gasteiger partial charge in [-0.15, -0.1) is 0 Å². The molecule has 0 aliphatic rings. The Morgan fingerprint density at radius 2 is 1.81 bits per heavy atom. The van der Waals surface area contributed by atoms with Gasteiger partial charge < -0.3 is 15.4 Å². The maximum atomic E-state index is 11.4. The summed E-state index contributed by atoms with van der Waals surface area (Å²) in [5, 5.41) is 4.99. The number of alkyl carbamates (subject to hydrolysis) is 1. The molecule has 0 saturated carbocycles. The van der Waals surface area contributed by atoms with Gasteiger partial charge in [0, 0.05) is 0 Å². The Morgan fingerprint density at radius 3 is 2.38 bits per heavy atom. The highest BCUT2D eigenvalue weighted by Gasteiger charge is 2.16. The second-order valence-electron chi connectivity index (χ2n) is 6.04. The van der Waals surface area contributed by atoms with Gasteiger partial charge in [-0.05, 0) is 60.1 Å². The molecule has 2 amide bonds. The monoisotopic (exact) mass is 296 g/mol. The van der Waals surface area contributed by atoms with Gasteiger partial charge in [0.05, 0.1) is 0 Å². The van der Waals surface area contributed by atoms with Crippen molar-refractivity contribution in [1.82, 2.24) is 10.6 Å². The van der Waals surface area contributed by atoms with Crippen LogP contribution in [0.1, 0.15) is 53.9 Å². The average molecular weight is 296 g/mol. The molecule has 0 aliphatic carbocycles. The Bertz CT molecular complexity index is 389. The molecule has 0 aromatic heterocycles. The van der Waals surface area contributed by atoms with E-state index < -0.39 is 11.7 Å². The molecule has 5 heteroatoms. The van der Waals surface area contributed by atoms with E-state index in [2.05, 4.69) is 30.6 Å². The van der Waals surface area contributed by atoms with Gasteiger partial charge in [-0.2, -0.15) is 0 Å². The lowest BCUT2D eigenvalue weighted by Gasteiger charge is -2.19. The van der Waals surface area contributed by atoms with E-state index >= 15 is 0 Å². The van der Waals surface area contributed by atoms with Crippen molar-refractivity contribution in [1.29, 1.82) is 0 Å². The van der Waals surface area contributed by atoms with Crippen LogP contribution in [0.5, 0.6) is 0 Å². The van der Waals surface area contributed by atoms with E-state index in [1.165, 1.54) is 5.57 Å². The van der Waals surface area contributed by atoms with Crippen LogP contribution in [0.4, 0.5) is 4.79 Å². The Labute approximate surface area is 127 Å². The molecule has 0 unspecified atom stereocenters. The molecule has 0 fully saturated rings. The molecule has 0 atom stereocenters. The van der Waals surface area contributed by atoms with Gasteiger partial charge in [0.2, 0.25) is 5.91 Å². The SMILES string of the molecule is CC(C)=CCCC/C=C\NC(=O)CNC(=O)OC(C)(C)C. The van der Waals surface area contributed by atoms with Crippen molar-refractivity contribution in [3.63, 3.8) is 0 Å². The highest BCUT2D eigenvalue weighted by Crippen LogP contribution is 2.06. The first-order chi connectivity index (χ1) is 9.70. The minimum atomic E-state index is -0.594. The van der Waals surface area contributed by atoms with Crippen LogP contribution in [0.3, 0.4) is 0 Å². The minimum Gasteiger partial charge on any atom is -0.444 e. The average Bonchev–Trinajstić information content (AvgIpc) is 2.32. The Balaban J connectivity index is 3.71. The van der Waals surface area contributed by atoms with Crippen LogP contribution < -0.4 is 10.6 Å². The normalized spacial score (nSPS) is 11.1. The summed E-state index contributed by atoms with van der Waals surface area (Å²) >= 11 is 0. The van der Waals surface area contributed by atoms with Gasteiger partial charge in [0.1, 0.15) is 12.1 Å². The van der Waals surface area contributed by atoms with Crippen molar-refractivity contribution in [2.45, 2.75) is 59.5 Å². The predicted molar refractivity (Wildman–Crippen MR) is 84.8 cm³/mol. The molecule has 0 aromatic rings. The lowest BCUT2D eigenvalue weighted by atomic mass is 10.2. The van der Waals surface area contributed by atoms with Gasteiger partial charge in [-0.3, -0.25) is 4.79 Å². The van der Waals surface area contributed by atoms with Gasteiger partial charge in [-0.25, -0.2) is 4.79 Å². The van der Waals surface area contributed by atoms with Crippen LogP contribution in [0.15, 0.2) is 23.9 Å². The van der Waals surface area contributed by atoms with Gasteiger partial charge in [0.15, 0.2) is 0 Å². The Hall–Kier alpha value is -1.78. The molecule has 0 heterocycles. The highest BCUT2D eigenvalue weighted by molar-refractivity contribution is 5.82. The van der Waals surface area contributed by atoms with Gasteiger partial charge in [0.25, 0.3) is 0 Å². The molecular formula is C16H28N2O3. The van der Waals surface area contributed by atoms with Crippen LogP contribution in [0.2, 0.25) is 0 Å². The number of amides is 2. The molecule has 0 bridgehead atoms. The van der Waals surface area contributed by atoms with Crippen LogP contribution >= 0.6 is 0 Å². The lowest BCUT2D eigenvalue weighted by molar-refractivity contribution is -0.119. The molecule has 0 aliphatic heterocycles. The third-order valence-electron chi connectivity index (χ3n) is 2.28. The van der Waals surface area contributed by atoms with E-state index in [1.807, 2.05) is 6.08 Å². The fourth-order valence-electron chi connectivity index (χ4n) is 1.38. The van der Waals surface area contributed by atoms with E-state index in [1.54, 1.807) is 27.0 Å². The molecule has 21 heavy (non-hydrogen) atoms. The summed E-state index contributed by atoms with van der Waals surface area (Å²) in [5.74, 6) is -0.276. The van der Waals surface area contributed by atoms with Gasteiger partial charge in [-0.1, -0.05) is 17.7 Å². The fourth-order valence-corrected chi connectivity index (χ4v) is 1.38. The Kier molecular flexibility index (Phi) is 9.17. The summed E-state index contributed by atoms with van der Waals surface area (Å²) in [6.07, 6.45) is 8.12. The lowest BCUT2D eigenvalue weighted by Crippen LogP contribution is -2.38. The first kappa shape index (κ1) is 19.2. The molecule has 120 valence electrons. The fraction of sp³-hybridized carbons (Fsp3) is 0.625. The molecule has 0 spiro atoms. The molecule has 0 rings (SSSR count). The summed E-state index contributed by atoms with van der Waals surface area (Å²) in [6, 6.07) is 0. The summed E-state index contributed by atoms with van der Waals surface area (Å²) in [5.41, 5.74) is 0.756. The largest absolute Gasteiger partial charge is 0.444 e. The van der Waals surface area contributed by atoms with Crippen LogP contribution in [-0.2, 0) is 9.53 Å². The zero-order valence-electron chi connectivity index (χ0n) is 13.8. The minimum absolute atomic E-state index is 0.100. The predicted octanol–water partition coefficient (Wildman–Crippen LogP) is 3.28. The number of unbranched alkanes of at least 4 members (excludes halogenated alkanes) is 2. The van der Waals surface area contributed by atoms with E-state index in [4.69, 9.17) is 4.74 Å². The van der Waals surface area contributed by atoms with E-state index in [0.29, 0.717) is 0 Å². The molecular weight excluding hydrogens is 268 g/mol. The molecule has 5 nitrogen and oxygen atoms in total. The number of carbonyl (C=O) groups excluding carboxylic acids is 2. The zero-order valence-corrected chi connectivity index (χ0v) is 13.8. The smallest absolute Gasteiger partial charge is 0.408 e. The number of carbonyl (C=O) groups is 2. The first-order valence-electron chi connectivity index (χ1n) is 7.25. The van der Waals surface area contributed by atoms with Crippen LogP contribution in [0, 0.1) is 0 Å². The van der Waals surface area contributed by atoms with E-state index in [-0.39, 0.29) is 12.5 Å². The standard InChI is InChI=1S/C16H28N2O3/c1-13(2)10-8-6-7-9-11-17-14(19)12-18-15(20)21-16(3,4)5/h9-11H,6-8,12H2,1-5H3,(H,17,19)(H,18,20)/b11-9-. The molecule has 0 saturated heterocycles. The number of nitrogens with one attached hydrogen (secondary N) is 2. The van der Waals surface area contributed by atoms with E-state index in [0.717, 1.165) is 19.3 Å². The first-order valence-corrected chi connectivity index (χ1v) is 7.25. The second-order valence-corrected chi connectivity index (χ2v) is 6.04. The van der Waals surface area contributed by atoms with Crippen molar-refractivity contribution >= 4 is 12.0 Å². The molecule has 0 aromatic carbocycles. The van der Waals surface area contributed by atoms with Crippen molar-refractivity contribution < 1.29 is 14.3 Å². The van der Waals surface area contributed by atoms with Gasteiger partial charge >= 0.3 is 6.09 Å². The van der Waals surface area contributed by atoms with Crippen molar-refractivity contribution in [3.05, 3.63) is 23.9 Å². The highest BCUT2D eigenvalue weighted by atomic mass is 16.6. The molecule has 0 radical (unpaired) electrons. The van der Waals surface area contributed by atoms with Crippen molar-refractivity contribution in [2.24, 2.45) is 0 Å². The number of allylic oxidation sites excluding steroid dienone is 3. The number of hydrogen-bond acceptors (Lipinski definition) is 3. The van der Waals surface area contributed by atoms with E-state index in [9.17, 15) is 9.59 Å². The quantitative estimate of drug-likeness (QED) is 0.559. The summed E-state index contributed by atoms with van der Waals surface area (Å²) in [6.45, 7) is 9.36. The van der Waals surface area contributed by atoms with Crippen molar-refractivity contribution in [3.8, 4) is 0 Å². The summed E-state index contributed by atoms with van der Waals surface area (Å²) < 4.78 is 5.02. The number of rotatable bonds is 7. The van der Waals surface area contributed by atoms with Crippen molar-refractivity contribution in [2.75, 3.05) is 6.54 Å². The number of ether oxygens (including phenoxy) is 1. The third kappa shape index (κ3) is 14.4. The van der Waals surface area contributed by atoms with Crippen LogP contribution in [0.25, 0.3) is 0 Å². The maximum Gasteiger partial charge on any atom is 0.408 e. The Morgan fingerprint density at radius 1 is 1.14 bits per heavy atom. The molecule has 2 N–H and O–H groups in total.